The third-order valence-electron chi connectivity index (χ3n) is 3.57. The first-order valence-electron chi connectivity index (χ1n) is 7.89. The molecule has 1 atom stereocenters. The molecule has 0 aromatic carbocycles. The highest BCUT2D eigenvalue weighted by Crippen LogP contribution is 2.10. The van der Waals surface area contributed by atoms with Crippen molar-refractivity contribution in [3.8, 4) is 5.88 Å². The summed E-state index contributed by atoms with van der Waals surface area (Å²) < 4.78 is 4.93. The lowest BCUT2D eigenvalue weighted by Crippen LogP contribution is -2.35. The van der Waals surface area contributed by atoms with Crippen LogP contribution in [0, 0.1) is 0 Å². The molecular formula is C16H27N3O2. The molecule has 0 aliphatic rings. The number of amides is 1. The average molecular weight is 293 g/mol. The van der Waals surface area contributed by atoms with Crippen molar-refractivity contribution < 1.29 is 9.53 Å². The van der Waals surface area contributed by atoms with Gasteiger partial charge in [-0.05, 0) is 18.9 Å². The van der Waals surface area contributed by atoms with Gasteiger partial charge in [0, 0.05) is 12.1 Å². The molecule has 1 rings (SSSR count). The Hall–Kier alpha value is -1.65. The largest absolute Gasteiger partial charge is 0.480 e. The first kappa shape index (κ1) is 17.4. The highest BCUT2D eigenvalue weighted by Gasteiger charge is 2.13. The van der Waals surface area contributed by atoms with Crippen molar-refractivity contribution in [1.82, 2.24) is 15.5 Å². The van der Waals surface area contributed by atoms with Crippen LogP contribution < -0.4 is 10.1 Å². The Labute approximate surface area is 127 Å². The highest BCUT2D eigenvalue weighted by molar-refractivity contribution is 5.92. The quantitative estimate of drug-likeness (QED) is 0.672. The van der Waals surface area contributed by atoms with Gasteiger partial charge < -0.3 is 10.1 Å². The van der Waals surface area contributed by atoms with E-state index in [4.69, 9.17) is 4.74 Å². The molecule has 0 radical (unpaired) electrons. The average Bonchev–Trinajstić information content (AvgIpc) is 2.53. The summed E-state index contributed by atoms with van der Waals surface area (Å²) in [6.45, 7) is 4.31. The summed E-state index contributed by atoms with van der Waals surface area (Å²) in [4.78, 5) is 12.1. The summed E-state index contributed by atoms with van der Waals surface area (Å²) in [6, 6.07) is 3.49. The molecule has 0 bridgehead atoms. The summed E-state index contributed by atoms with van der Waals surface area (Å²) in [5.41, 5.74) is 0.334. The van der Waals surface area contributed by atoms with Gasteiger partial charge in [0.15, 0.2) is 5.69 Å². The highest BCUT2D eigenvalue weighted by atomic mass is 16.5. The molecule has 0 aliphatic carbocycles. The zero-order chi connectivity index (χ0) is 15.5. The van der Waals surface area contributed by atoms with E-state index in [0.717, 1.165) is 19.3 Å². The fraction of sp³-hybridized carbons (Fsp3) is 0.688. The summed E-state index contributed by atoms with van der Waals surface area (Å²) in [5.74, 6) is 0.250. The smallest absolute Gasteiger partial charge is 0.272 e. The molecule has 1 aromatic heterocycles. The van der Waals surface area contributed by atoms with Crippen LogP contribution >= 0.6 is 0 Å². The maximum absolute atomic E-state index is 12.1. The normalized spacial score (nSPS) is 12.0. The Morgan fingerprint density at radius 2 is 1.95 bits per heavy atom. The first-order chi connectivity index (χ1) is 10.2. The van der Waals surface area contributed by atoms with Gasteiger partial charge in [0.25, 0.3) is 5.91 Å². The SMILES string of the molecule is CCCCCCCC(CC)NC(=O)c1ccc(OC)nn1. The van der Waals surface area contributed by atoms with Crippen LogP contribution in [0.5, 0.6) is 5.88 Å². The number of methoxy groups -OCH3 is 1. The number of carbonyl (C=O) groups is 1. The van der Waals surface area contributed by atoms with Crippen LogP contribution in [0.3, 0.4) is 0 Å². The van der Waals surface area contributed by atoms with Crippen molar-refractivity contribution in [3.63, 3.8) is 0 Å². The molecular weight excluding hydrogens is 266 g/mol. The molecule has 0 aliphatic heterocycles. The number of nitrogens with zero attached hydrogens (tertiary/aromatic N) is 2. The third-order valence-corrected chi connectivity index (χ3v) is 3.57. The number of unbranched alkanes of at least 4 members (excludes halogenated alkanes) is 4. The van der Waals surface area contributed by atoms with Crippen LogP contribution in [0.4, 0.5) is 0 Å². The second kappa shape index (κ2) is 10.1. The Bertz CT molecular complexity index is 406. The van der Waals surface area contributed by atoms with Crippen LogP contribution in [0.15, 0.2) is 12.1 Å². The molecule has 1 aromatic rings. The number of aromatic nitrogens is 2. The molecule has 118 valence electrons. The van der Waals surface area contributed by atoms with Crippen molar-refractivity contribution in [2.75, 3.05) is 7.11 Å². The number of hydrogen-bond donors (Lipinski definition) is 1. The van der Waals surface area contributed by atoms with Gasteiger partial charge in [0.1, 0.15) is 0 Å². The minimum Gasteiger partial charge on any atom is -0.480 e. The number of ether oxygens (including phenoxy) is 1. The van der Waals surface area contributed by atoms with E-state index >= 15 is 0 Å². The summed E-state index contributed by atoms with van der Waals surface area (Å²) in [7, 11) is 1.52. The van der Waals surface area contributed by atoms with E-state index in [1.54, 1.807) is 12.1 Å². The predicted octanol–water partition coefficient (Wildman–Crippen LogP) is 3.35. The summed E-state index contributed by atoms with van der Waals surface area (Å²) in [5, 5.41) is 10.7. The minimum atomic E-state index is -0.162. The van der Waals surface area contributed by atoms with Crippen molar-refractivity contribution in [2.45, 2.75) is 64.8 Å². The van der Waals surface area contributed by atoms with Gasteiger partial charge in [0.2, 0.25) is 5.88 Å². The van der Waals surface area contributed by atoms with E-state index in [1.807, 2.05) is 0 Å². The lowest BCUT2D eigenvalue weighted by atomic mass is 10.0. The Morgan fingerprint density at radius 3 is 2.52 bits per heavy atom. The summed E-state index contributed by atoms with van der Waals surface area (Å²) >= 11 is 0. The topological polar surface area (TPSA) is 64.1 Å². The van der Waals surface area contributed by atoms with Gasteiger partial charge in [0.05, 0.1) is 7.11 Å². The molecule has 1 heterocycles. The van der Waals surface area contributed by atoms with E-state index in [2.05, 4.69) is 29.4 Å². The van der Waals surface area contributed by atoms with E-state index in [0.29, 0.717) is 11.6 Å². The van der Waals surface area contributed by atoms with Crippen LogP contribution in [0.1, 0.15) is 69.3 Å². The molecule has 21 heavy (non-hydrogen) atoms. The molecule has 1 amide bonds. The van der Waals surface area contributed by atoms with E-state index < -0.39 is 0 Å². The fourth-order valence-corrected chi connectivity index (χ4v) is 2.18. The van der Waals surface area contributed by atoms with Gasteiger partial charge in [-0.2, -0.15) is 0 Å². The molecule has 5 heteroatoms. The Kier molecular flexibility index (Phi) is 8.40. The zero-order valence-electron chi connectivity index (χ0n) is 13.4. The zero-order valence-corrected chi connectivity index (χ0v) is 13.4. The lowest BCUT2D eigenvalue weighted by Gasteiger charge is -2.16. The van der Waals surface area contributed by atoms with Crippen molar-refractivity contribution in [1.29, 1.82) is 0 Å². The second-order valence-electron chi connectivity index (χ2n) is 5.24. The standard InChI is InChI=1S/C16H27N3O2/c1-4-6-7-8-9-10-13(5-2)17-16(20)14-11-12-15(21-3)19-18-14/h11-13H,4-10H2,1-3H3,(H,17,20). The maximum Gasteiger partial charge on any atom is 0.272 e. The maximum atomic E-state index is 12.1. The van der Waals surface area contributed by atoms with Gasteiger partial charge in [-0.15, -0.1) is 10.2 Å². The number of rotatable bonds is 10. The van der Waals surface area contributed by atoms with E-state index in [9.17, 15) is 4.79 Å². The van der Waals surface area contributed by atoms with Gasteiger partial charge in [-0.25, -0.2) is 0 Å². The van der Waals surface area contributed by atoms with Crippen LogP contribution in [0.2, 0.25) is 0 Å². The molecule has 0 spiro atoms. The van der Waals surface area contributed by atoms with Gasteiger partial charge >= 0.3 is 0 Å². The molecule has 1 unspecified atom stereocenters. The fourth-order valence-electron chi connectivity index (χ4n) is 2.18. The van der Waals surface area contributed by atoms with Crippen molar-refractivity contribution in [3.05, 3.63) is 17.8 Å². The second-order valence-corrected chi connectivity index (χ2v) is 5.24. The van der Waals surface area contributed by atoms with E-state index in [1.165, 1.54) is 32.8 Å². The van der Waals surface area contributed by atoms with Crippen molar-refractivity contribution >= 4 is 5.91 Å². The number of carbonyl (C=O) groups excluding carboxylic acids is 1. The number of nitrogens with one attached hydrogen (secondary N) is 1. The van der Waals surface area contributed by atoms with Crippen LogP contribution in [-0.4, -0.2) is 29.3 Å². The molecule has 0 fully saturated rings. The van der Waals surface area contributed by atoms with Gasteiger partial charge in [-0.3, -0.25) is 4.79 Å². The Balaban J connectivity index is 2.38. The van der Waals surface area contributed by atoms with Crippen LogP contribution in [0.25, 0.3) is 0 Å². The first-order valence-corrected chi connectivity index (χ1v) is 7.89. The van der Waals surface area contributed by atoms with E-state index in [-0.39, 0.29) is 11.9 Å². The lowest BCUT2D eigenvalue weighted by molar-refractivity contribution is 0.0927. The molecule has 1 N–H and O–H groups in total. The van der Waals surface area contributed by atoms with Gasteiger partial charge in [-0.1, -0.05) is 46.0 Å². The predicted molar refractivity (Wildman–Crippen MR) is 83.5 cm³/mol. The van der Waals surface area contributed by atoms with Crippen molar-refractivity contribution in [2.24, 2.45) is 0 Å². The van der Waals surface area contributed by atoms with Crippen LogP contribution in [-0.2, 0) is 0 Å². The summed E-state index contributed by atoms with van der Waals surface area (Å²) in [6.07, 6.45) is 8.19. The molecule has 5 nitrogen and oxygen atoms in total. The monoisotopic (exact) mass is 293 g/mol. The molecule has 0 saturated carbocycles. The molecule has 0 saturated heterocycles. The third kappa shape index (κ3) is 6.56. The Morgan fingerprint density at radius 1 is 1.19 bits per heavy atom. The minimum absolute atomic E-state index is 0.162. The number of hydrogen-bond acceptors (Lipinski definition) is 4.